The minimum atomic E-state index is -0.185. The topological polar surface area (TPSA) is 36.3 Å². The Bertz CT molecular complexity index is 326. The van der Waals surface area contributed by atoms with Crippen LogP contribution in [0.3, 0.4) is 0 Å². The van der Waals surface area contributed by atoms with Crippen molar-refractivity contribution in [1.29, 1.82) is 0 Å². The maximum absolute atomic E-state index is 5.88. The summed E-state index contributed by atoms with van der Waals surface area (Å²) in [4.78, 5) is 9.68. The van der Waals surface area contributed by atoms with Crippen LogP contribution in [0.25, 0.3) is 0 Å². The standard InChI is InChI=1S/C12H20N2O2/c1-8-9(2)11(4)15-12(10(8)3)16-14-6-5-13-7-14/h5-12H,1-4H3/t8?,9-,10?,11+,12?/m0/s1. The van der Waals surface area contributed by atoms with Crippen LogP contribution in [0.1, 0.15) is 27.7 Å². The summed E-state index contributed by atoms with van der Waals surface area (Å²) in [6, 6.07) is 0. The second kappa shape index (κ2) is 4.45. The van der Waals surface area contributed by atoms with Crippen molar-refractivity contribution in [2.45, 2.75) is 40.1 Å². The number of hydrogen-bond donors (Lipinski definition) is 0. The lowest BCUT2D eigenvalue weighted by molar-refractivity contribution is -0.243. The average molecular weight is 224 g/mol. The molecular formula is C12H20N2O2. The molecule has 1 fully saturated rings. The van der Waals surface area contributed by atoms with Crippen molar-refractivity contribution in [3.63, 3.8) is 0 Å². The van der Waals surface area contributed by atoms with Gasteiger partial charge in [0, 0.05) is 12.1 Å². The normalized spacial score (nSPS) is 39.6. The zero-order chi connectivity index (χ0) is 11.7. The monoisotopic (exact) mass is 224 g/mol. The third-order valence-electron chi connectivity index (χ3n) is 3.88. The van der Waals surface area contributed by atoms with Gasteiger partial charge in [0.25, 0.3) is 0 Å². The van der Waals surface area contributed by atoms with E-state index in [9.17, 15) is 0 Å². The van der Waals surface area contributed by atoms with E-state index in [4.69, 9.17) is 9.57 Å². The fourth-order valence-corrected chi connectivity index (χ4v) is 2.16. The van der Waals surface area contributed by atoms with E-state index in [0.717, 1.165) is 0 Å². The molecule has 0 N–H and O–H groups in total. The van der Waals surface area contributed by atoms with Gasteiger partial charge in [-0.25, -0.2) is 4.98 Å². The number of nitrogens with zero attached hydrogens (tertiary/aromatic N) is 2. The van der Waals surface area contributed by atoms with Gasteiger partial charge in [-0.15, -0.1) is 0 Å². The Balaban J connectivity index is 2.04. The van der Waals surface area contributed by atoms with Crippen LogP contribution >= 0.6 is 0 Å². The minimum absolute atomic E-state index is 0.185. The van der Waals surface area contributed by atoms with Crippen LogP contribution in [0.15, 0.2) is 18.7 Å². The third-order valence-corrected chi connectivity index (χ3v) is 3.88. The molecule has 90 valence electrons. The lowest BCUT2D eigenvalue weighted by Crippen LogP contribution is -2.47. The number of rotatable bonds is 2. The number of imidazole rings is 1. The molecule has 4 nitrogen and oxygen atoms in total. The van der Waals surface area contributed by atoms with E-state index in [-0.39, 0.29) is 12.4 Å². The predicted molar refractivity (Wildman–Crippen MR) is 60.6 cm³/mol. The van der Waals surface area contributed by atoms with Gasteiger partial charge in [0.05, 0.1) is 12.3 Å². The summed E-state index contributed by atoms with van der Waals surface area (Å²) < 4.78 is 7.49. The first kappa shape index (κ1) is 11.5. The van der Waals surface area contributed by atoms with E-state index in [1.54, 1.807) is 23.5 Å². The van der Waals surface area contributed by atoms with Crippen LogP contribution in [-0.2, 0) is 4.74 Å². The Morgan fingerprint density at radius 1 is 1.12 bits per heavy atom. The van der Waals surface area contributed by atoms with Crippen LogP contribution in [0.4, 0.5) is 0 Å². The number of ether oxygens (including phenoxy) is 1. The fraction of sp³-hybridized carbons (Fsp3) is 0.750. The van der Waals surface area contributed by atoms with Crippen molar-refractivity contribution in [3.8, 4) is 0 Å². The van der Waals surface area contributed by atoms with Gasteiger partial charge in [0.15, 0.2) is 0 Å². The largest absolute Gasteiger partial charge is 0.381 e. The fourth-order valence-electron chi connectivity index (χ4n) is 2.16. The van der Waals surface area contributed by atoms with E-state index in [0.29, 0.717) is 17.8 Å². The molecule has 1 aromatic heterocycles. The zero-order valence-corrected chi connectivity index (χ0v) is 10.3. The molecule has 0 aromatic carbocycles. The van der Waals surface area contributed by atoms with Gasteiger partial charge in [-0.1, -0.05) is 20.8 Å². The van der Waals surface area contributed by atoms with Crippen LogP contribution < -0.4 is 4.84 Å². The van der Waals surface area contributed by atoms with Gasteiger partial charge in [0.2, 0.25) is 6.29 Å². The van der Waals surface area contributed by atoms with Gasteiger partial charge >= 0.3 is 0 Å². The third kappa shape index (κ3) is 2.07. The van der Waals surface area contributed by atoms with Crippen molar-refractivity contribution in [1.82, 2.24) is 9.71 Å². The molecule has 0 amide bonds. The number of hydrogen-bond acceptors (Lipinski definition) is 3. The highest BCUT2D eigenvalue weighted by molar-refractivity contribution is 4.81. The second-order valence-electron chi connectivity index (χ2n) is 4.81. The van der Waals surface area contributed by atoms with Crippen LogP contribution in [0, 0.1) is 17.8 Å². The van der Waals surface area contributed by atoms with E-state index in [2.05, 4.69) is 32.7 Å². The Morgan fingerprint density at radius 3 is 2.50 bits per heavy atom. The molecule has 0 aliphatic carbocycles. The lowest BCUT2D eigenvalue weighted by Gasteiger charge is -2.41. The summed E-state index contributed by atoms with van der Waals surface area (Å²) in [6.45, 7) is 8.78. The van der Waals surface area contributed by atoms with Gasteiger partial charge in [-0.2, -0.15) is 4.73 Å². The lowest BCUT2D eigenvalue weighted by atomic mass is 9.79. The molecule has 16 heavy (non-hydrogen) atoms. The molecule has 0 spiro atoms. The van der Waals surface area contributed by atoms with Crippen molar-refractivity contribution in [2.75, 3.05) is 0 Å². The molecular weight excluding hydrogens is 204 g/mol. The summed E-state index contributed by atoms with van der Waals surface area (Å²) >= 11 is 0. The Labute approximate surface area is 96.5 Å². The molecule has 3 unspecified atom stereocenters. The van der Waals surface area contributed by atoms with Crippen molar-refractivity contribution in [2.24, 2.45) is 17.8 Å². The summed E-state index contributed by atoms with van der Waals surface area (Å²) in [6.07, 6.45) is 5.17. The SMILES string of the molecule is CC1C(On2ccnc2)O[C@H](C)[C@@H](C)C1C. The second-order valence-corrected chi connectivity index (χ2v) is 4.81. The molecule has 5 atom stereocenters. The quantitative estimate of drug-likeness (QED) is 0.770. The molecule has 4 heteroatoms. The van der Waals surface area contributed by atoms with Gasteiger partial charge in [-0.3, -0.25) is 0 Å². The van der Waals surface area contributed by atoms with E-state index in [1.807, 2.05) is 0 Å². The summed E-state index contributed by atoms with van der Waals surface area (Å²) in [5.74, 6) is 1.54. The zero-order valence-electron chi connectivity index (χ0n) is 10.3. The maximum Gasteiger partial charge on any atom is 0.227 e. The molecule has 0 saturated carbocycles. The summed E-state index contributed by atoms with van der Waals surface area (Å²) in [5.41, 5.74) is 0. The highest BCUT2D eigenvalue weighted by Crippen LogP contribution is 2.34. The first-order valence-corrected chi connectivity index (χ1v) is 5.90. The molecule has 0 bridgehead atoms. The van der Waals surface area contributed by atoms with Crippen LogP contribution in [0.2, 0.25) is 0 Å². The van der Waals surface area contributed by atoms with E-state index in [1.165, 1.54) is 0 Å². The summed E-state index contributed by atoms with van der Waals surface area (Å²) in [7, 11) is 0. The first-order valence-electron chi connectivity index (χ1n) is 5.90. The van der Waals surface area contributed by atoms with Crippen molar-refractivity contribution in [3.05, 3.63) is 18.7 Å². The average Bonchev–Trinajstić information content (AvgIpc) is 2.76. The Kier molecular flexibility index (Phi) is 3.19. The molecule has 1 aromatic rings. The van der Waals surface area contributed by atoms with Crippen molar-refractivity contribution < 1.29 is 9.57 Å². The summed E-state index contributed by atoms with van der Waals surface area (Å²) in [5, 5.41) is 0. The van der Waals surface area contributed by atoms with Gasteiger partial charge in [0.1, 0.15) is 6.33 Å². The maximum atomic E-state index is 5.88. The minimum Gasteiger partial charge on any atom is -0.381 e. The van der Waals surface area contributed by atoms with Crippen molar-refractivity contribution >= 4 is 0 Å². The van der Waals surface area contributed by atoms with Crippen LogP contribution in [-0.4, -0.2) is 22.1 Å². The number of aromatic nitrogens is 2. The van der Waals surface area contributed by atoms with Gasteiger partial charge in [-0.05, 0) is 18.8 Å². The molecule has 1 aliphatic rings. The molecule has 1 saturated heterocycles. The van der Waals surface area contributed by atoms with Crippen LogP contribution in [0.5, 0.6) is 0 Å². The Morgan fingerprint density at radius 2 is 1.88 bits per heavy atom. The first-order chi connectivity index (χ1) is 7.59. The molecule has 1 aliphatic heterocycles. The van der Waals surface area contributed by atoms with E-state index < -0.39 is 0 Å². The molecule has 2 rings (SSSR count). The molecule has 2 heterocycles. The smallest absolute Gasteiger partial charge is 0.227 e. The van der Waals surface area contributed by atoms with Gasteiger partial charge < -0.3 is 9.57 Å². The highest BCUT2D eigenvalue weighted by Gasteiger charge is 2.38. The molecule has 0 radical (unpaired) electrons. The highest BCUT2D eigenvalue weighted by atomic mass is 16.8. The predicted octanol–water partition coefficient (Wildman–Crippen LogP) is 1.96. The van der Waals surface area contributed by atoms with E-state index >= 15 is 0 Å². The Hall–Kier alpha value is -1.03.